The minimum absolute atomic E-state index is 0.0675. The molecule has 7 atom stereocenters. The maximum atomic E-state index is 15.1. The normalized spacial score (nSPS) is 43.1. The summed E-state index contributed by atoms with van der Waals surface area (Å²) in [5, 5.41) is 30.6. The molecule has 1 heterocycles. The summed E-state index contributed by atoms with van der Waals surface area (Å²) >= 11 is 0. The highest BCUT2D eigenvalue weighted by molar-refractivity contribution is 5.96. The van der Waals surface area contributed by atoms with E-state index in [0.29, 0.717) is 18.4 Å². The van der Waals surface area contributed by atoms with Gasteiger partial charge in [0.15, 0.2) is 5.78 Å². The molecule has 0 bridgehead atoms. The van der Waals surface area contributed by atoms with Crippen LogP contribution in [-0.2, 0) is 17.8 Å². The Morgan fingerprint density at radius 2 is 1.69 bits per heavy atom. The maximum absolute atomic E-state index is 15.1. The summed E-state index contributed by atoms with van der Waals surface area (Å²) < 4.78 is 2.04. The van der Waals surface area contributed by atoms with E-state index in [4.69, 9.17) is 0 Å². The van der Waals surface area contributed by atoms with Crippen molar-refractivity contribution in [2.75, 3.05) is 0 Å². The molecule has 0 aromatic carbocycles. The van der Waals surface area contributed by atoms with Crippen LogP contribution in [0.5, 0.6) is 0 Å². The Balaban J connectivity index is 1.53. The zero-order valence-electron chi connectivity index (χ0n) is 29.0. The number of aliphatic hydroxyl groups is 1. The Morgan fingerprint density at radius 3 is 2.33 bits per heavy atom. The first-order valence-corrected chi connectivity index (χ1v) is 17.1. The predicted octanol–water partition coefficient (Wildman–Crippen LogP) is 8.88. The fourth-order valence-electron chi connectivity index (χ4n) is 12.6. The molecule has 0 unspecified atom stereocenters. The molecule has 6 rings (SSSR count). The van der Waals surface area contributed by atoms with Crippen molar-refractivity contribution in [2.24, 2.45) is 49.2 Å². The van der Waals surface area contributed by atoms with Gasteiger partial charge in [-0.25, -0.2) is 0 Å². The molecule has 6 heteroatoms. The second-order valence-electron chi connectivity index (χ2n) is 17.8. The Morgan fingerprint density at radius 1 is 1.00 bits per heavy atom. The number of allylic oxidation sites excluding steroid dienone is 6. The number of carbonyl (C=O) groups is 1. The quantitative estimate of drug-likeness (QED) is 0.336. The lowest BCUT2D eigenvalue weighted by Crippen LogP contribution is -2.69. The second-order valence-corrected chi connectivity index (χ2v) is 17.8. The van der Waals surface area contributed by atoms with Crippen LogP contribution in [0.25, 0.3) is 0 Å². The molecule has 1 aromatic heterocycles. The van der Waals surface area contributed by atoms with Crippen LogP contribution in [0.15, 0.2) is 54.5 Å². The van der Waals surface area contributed by atoms with E-state index in [-0.39, 0.29) is 44.5 Å². The van der Waals surface area contributed by atoms with Crippen LogP contribution in [-0.4, -0.2) is 25.9 Å². The third-order valence-corrected chi connectivity index (χ3v) is 15.2. The SMILES string of the molecule is C=CCc1cn(C[C@]23CCC(C)(C)C[C@@]2(C)[C@H]2C(=O)C=C4[C@@]5(C)CC(C#N)=C(O)C(C)(C)[C@]5(C=C)CC[C@@]4(C)[C@]2(C)CC3)nn1. The molecule has 3 fully saturated rings. The zero-order chi connectivity index (χ0) is 33.1. The van der Waals surface area contributed by atoms with Gasteiger partial charge in [-0.1, -0.05) is 78.3 Å². The van der Waals surface area contributed by atoms with Gasteiger partial charge >= 0.3 is 0 Å². The van der Waals surface area contributed by atoms with E-state index in [1.807, 2.05) is 22.9 Å². The summed E-state index contributed by atoms with van der Waals surface area (Å²) in [5.74, 6) is 0.303. The number of hydrogen-bond acceptors (Lipinski definition) is 5. The van der Waals surface area contributed by atoms with Crippen molar-refractivity contribution in [1.29, 1.82) is 5.26 Å². The number of fused-ring (bicyclic) bond motifs is 7. The van der Waals surface area contributed by atoms with Crippen molar-refractivity contribution in [3.05, 3.63) is 60.2 Å². The molecular formula is C39H54N4O2. The fraction of sp³-hybridized carbons (Fsp3) is 0.692. The highest BCUT2D eigenvalue weighted by atomic mass is 16.3. The first-order chi connectivity index (χ1) is 20.9. The first kappa shape index (κ1) is 32.0. The van der Waals surface area contributed by atoms with E-state index in [1.54, 1.807) is 0 Å². The van der Waals surface area contributed by atoms with Crippen molar-refractivity contribution >= 4 is 5.78 Å². The molecule has 5 aliphatic carbocycles. The molecule has 5 aliphatic rings. The average Bonchev–Trinajstić information content (AvgIpc) is 3.39. The number of hydrogen-bond donors (Lipinski definition) is 1. The Kier molecular flexibility index (Phi) is 6.80. The molecule has 242 valence electrons. The molecule has 45 heavy (non-hydrogen) atoms. The minimum atomic E-state index is -0.681. The molecule has 3 saturated carbocycles. The van der Waals surface area contributed by atoms with Gasteiger partial charge in [0.2, 0.25) is 0 Å². The van der Waals surface area contributed by atoms with Crippen LogP contribution in [0.3, 0.4) is 0 Å². The number of ketones is 1. The number of nitriles is 1. The molecular weight excluding hydrogens is 556 g/mol. The second kappa shape index (κ2) is 9.55. The van der Waals surface area contributed by atoms with Crippen LogP contribution in [0.4, 0.5) is 0 Å². The number of carbonyl (C=O) groups excluding carboxylic acids is 1. The summed E-state index contributed by atoms with van der Waals surface area (Å²) in [6.07, 6.45) is 16.1. The Bertz CT molecular complexity index is 1590. The molecule has 1 aromatic rings. The van der Waals surface area contributed by atoms with Gasteiger partial charge < -0.3 is 5.11 Å². The molecule has 0 saturated heterocycles. The topological polar surface area (TPSA) is 91.8 Å². The molecule has 0 spiro atoms. The van der Waals surface area contributed by atoms with Crippen LogP contribution >= 0.6 is 0 Å². The molecule has 6 nitrogen and oxygen atoms in total. The minimum Gasteiger partial charge on any atom is -0.511 e. The highest BCUT2D eigenvalue weighted by Gasteiger charge is 2.75. The lowest BCUT2D eigenvalue weighted by atomic mass is 9.29. The smallest absolute Gasteiger partial charge is 0.159 e. The van der Waals surface area contributed by atoms with E-state index in [0.717, 1.165) is 57.2 Å². The van der Waals surface area contributed by atoms with Crippen LogP contribution in [0.2, 0.25) is 0 Å². The fourth-order valence-corrected chi connectivity index (χ4v) is 12.6. The summed E-state index contributed by atoms with van der Waals surface area (Å²) in [6, 6.07) is 2.35. The third-order valence-electron chi connectivity index (χ3n) is 15.2. The average molecular weight is 611 g/mol. The number of aliphatic hydroxyl groups excluding tert-OH is 1. The predicted molar refractivity (Wildman–Crippen MR) is 178 cm³/mol. The first-order valence-electron chi connectivity index (χ1n) is 17.1. The van der Waals surface area contributed by atoms with Gasteiger partial charge in [-0.3, -0.25) is 9.48 Å². The summed E-state index contributed by atoms with van der Waals surface area (Å²) in [6.45, 7) is 27.4. The largest absolute Gasteiger partial charge is 0.511 e. The third kappa shape index (κ3) is 3.76. The van der Waals surface area contributed by atoms with Crippen molar-refractivity contribution < 1.29 is 9.90 Å². The van der Waals surface area contributed by atoms with Crippen molar-refractivity contribution in [3.63, 3.8) is 0 Å². The summed E-state index contributed by atoms with van der Waals surface area (Å²) in [7, 11) is 0. The van der Waals surface area contributed by atoms with Crippen molar-refractivity contribution in [2.45, 2.75) is 120 Å². The van der Waals surface area contributed by atoms with Gasteiger partial charge in [-0.15, -0.1) is 18.3 Å². The van der Waals surface area contributed by atoms with Gasteiger partial charge in [-0.2, -0.15) is 5.26 Å². The summed E-state index contributed by atoms with van der Waals surface area (Å²) in [4.78, 5) is 15.1. The van der Waals surface area contributed by atoms with Gasteiger partial charge in [0.05, 0.1) is 17.3 Å². The van der Waals surface area contributed by atoms with Gasteiger partial charge in [-0.05, 0) is 84.5 Å². The van der Waals surface area contributed by atoms with E-state index >= 15 is 4.79 Å². The van der Waals surface area contributed by atoms with Crippen LogP contribution < -0.4 is 0 Å². The van der Waals surface area contributed by atoms with Crippen molar-refractivity contribution in [3.8, 4) is 6.07 Å². The molecule has 0 amide bonds. The van der Waals surface area contributed by atoms with Crippen molar-refractivity contribution in [1.82, 2.24) is 15.0 Å². The van der Waals surface area contributed by atoms with E-state index < -0.39 is 16.2 Å². The number of aromatic nitrogens is 3. The van der Waals surface area contributed by atoms with Crippen LogP contribution in [0.1, 0.15) is 112 Å². The highest BCUT2D eigenvalue weighted by Crippen LogP contribution is 2.80. The number of rotatable bonds is 5. The Labute approximate surface area is 270 Å². The van der Waals surface area contributed by atoms with Crippen LogP contribution in [0, 0.1) is 60.6 Å². The molecule has 0 aliphatic heterocycles. The molecule has 0 radical (unpaired) electrons. The maximum Gasteiger partial charge on any atom is 0.159 e. The number of nitrogens with zero attached hydrogens (tertiary/aromatic N) is 4. The van der Waals surface area contributed by atoms with Gasteiger partial charge in [0.1, 0.15) is 5.76 Å². The lowest BCUT2D eigenvalue weighted by Gasteiger charge is -2.74. The molecule has 1 N–H and O–H groups in total. The summed E-state index contributed by atoms with van der Waals surface area (Å²) in [5.41, 5.74) is 0.205. The monoisotopic (exact) mass is 610 g/mol. The Hall–Kier alpha value is -2.94. The van der Waals surface area contributed by atoms with Gasteiger partial charge in [0, 0.05) is 41.3 Å². The van der Waals surface area contributed by atoms with E-state index in [1.165, 1.54) is 5.57 Å². The standard InChI is InChI=1S/C39H54N4O2/c1-11-13-27-23-43(42-41-27)25-38-17-14-32(3,4)24-37(38,10)30-28(44)20-29-34(7,35(30,8)15-18-38)16-19-39(12-2)33(5,6)31(45)26(22-40)21-36(29,39)9/h11-12,20,23,30,45H,1-2,13-19,21,24-25H2,3-10H3/t30-,34+,35+,36+,37-,38+,39-/m0/s1. The zero-order valence-corrected chi connectivity index (χ0v) is 29.0. The lowest BCUT2D eigenvalue weighted by molar-refractivity contribution is -0.215. The van der Waals surface area contributed by atoms with E-state index in [2.05, 4.69) is 91.1 Å². The van der Waals surface area contributed by atoms with E-state index in [9.17, 15) is 10.4 Å². The van der Waals surface area contributed by atoms with Gasteiger partial charge in [0.25, 0.3) is 0 Å².